The molecule has 3 heterocycles. The van der Waals surface area contributed by atoms with E-state index in [1.807, 2.05) is 16.8 Å². The molecule has 1 amide bonds. The number of hydrogen-bond acceptors (Lipinski definition) is 6. The van der Waals surface area contributed by atoms with Crippen LogP contribution in [0.2, 0.25) is 0 Å². The van der Waals surface area contributed by atoms with E-state index in [1.165, 1.54) is 0 Å². The lowest BCUT2D eigenvalue weighted by Gasteiger charge is -2.01. The molecule has 0 atom stereocenters. The lowest BCUT2D eigenvalue weighted by atomic mass is 10.2. The molecule has 0 bridgehead atoms. The number of hydrogen-bond donors (Lipinski definition) is 1. The van der Waals surface area contributed by atoms with Gasteiger partial charge in [-0.1, -0.05) is 10.4 Å². The number of nitrogens with one attached hydrogen (secondary N) is 1. The van der Waals surface area contributed by atoms with Crippen molar-refractivity contribution in [2.24, 2.45) is 0 Å². The largest absolute Gasteiger partial charge is 0.361 e. The third kappa shape index (κ3) is 2.70. The Morgan fingerprint density at radius 2 is 2.33 bits per heavy atom. The minimum absolute atomic E-state index is 0.226. The molecule has 0 aliphatic rings. The van der Waals surface area contributed by atoms with Crippen molar-refractivity contribution in [3.05, 3.63) is 45.7 Å². The molecular weight excluding hydrogens is 290 g/mol. The molecule has 0 aliphatic heterocycles. The van der Waals surface area contributed by atoms with Gasteiger partial charge in [0, 0.05) is 5.38 Å². The van der Waals surface area contributed by atoms with Crippen molar-refractivity contribution in [1.82, 2.24) is 25.5 Å². The van der Waals surface area contributed by atoms with Gasteiger partial charge in [0.1, 0.15) is 17.0 Å². The molecule has 3 aromatic heterocycles. The minimum atomic E-state index is -0.226. The van der Waals surface area contributed by atoms with E-state index in [0.717, 1.165) is 5.69 Å². The molecule has 108 valence electrons. The Kier molecular flexibility index (Phi) is 3.53. The van der Waals surface area contributed by atoms with E-state index in [4.69, 9.17) is 4.52 Å². The Morgan fingerprint density at radius 3 is 3.00 bits per heavy atom. The van der Waals surface area contributed by atoms with Crippen molar-refractivity contribution < 1.29 is 9.32 Å². The van der Waals surface area contributed by atoms with Crippen molar-refractivity contribution >= 4 is 17.2 Å². The van der Waals surface area contributed by atoms with Gasteiger partial charge in [-0.2, -0.15) is 11.3 Å². The second-order valence-electron chi connectivity index (χ2n) is 4.52. The summed E-state index contributed by atoms with van der Waals surface area (Å²) in [6.45, 7) is 3.74. The average Bonchev–Trinajstić information content (AvgIpc) is 3.17. The molecule has 0 spiro atoms. The molecule has 0 saturated heterocycles. The van der Waals surface area contributed by atoms with Gasteiger partial charge in [0.2, 0.25) is 0 Å². The smallest absolute Gasteiger partial charge is 0.257 e. The van der Waals surface area contributed by atoms with Gasteiger partial charge in [-0.25, -0.2) is 4.68 Å². The maximum absolute atomic E-state index is 12.1. The van der Waals surface area contributed by atoms with E-state index in [1.54, 1.807) is 36.1 Å². The first-order valence-corrected chi connectivity index (χ1v) is 7.24. The predicted molar refractivity (Wildman–Crippen MR) is 76.4 cm³/mol. The quantitative estimate of drug-likeness (QED) is 0.795. The summed E-state index contributed by atoms with van der Waals surface area (Å²) < 4.78 is 6.65. The Labute approximate surface area is 124 Å². The molecule has 3 aromatic rings. The molecule has 3 rings (SSSR count). The number of carbonyl (C=O) groups excluding carboxylic acids is 1. The minimum Gasteiger partial charge on any atom is -0.361 e. The van der Waals surface area contributed by atoms with Gasteiger partial charge in [-0.05, 0) is 25.3 Å². The van der Waals surface area contributed by atoms with Crippen LogP contribution in [0.4, 0.5) is 0 Å². The predicted octanol–water partition coefficient (Wildman–Crippen LogP) is 1.86. The SMILES string of the molecule is Cc1noc(C)c1C(=O)NCc1cn(-c2ccsc2)nn1. The highest BCUT2D eigenvalue weighted by Gasteiger charge is 2.17. The van der Waals surface area contributed by atoms with Crippen molar-refractivity contribution in [2.45, 2.75) is 20.4 Å². The number of aryl methyl sites for hydroxylation is 2. The Balaban J connectivity index is 1.67. The van der Waals surface area contributed by atoms with E-state index >= 15 is 0 Å². The van der Waals surface area contributed by atoms with Crippen LogP contribution in [0.3, 0.4) is 0 Å². The molecule has 7 nitrogen and oxygen atoms in total. The first-order valence-electron chi connectivity index (χ1n) is 6.30. The van der Waals surface area contributed by atoms with Crippen LogP contribution in [-0.4, -0.2) is 26.1 Å². The van der Waals surface area contributed by atoms with Crippen LogP contribution < -0.4 is 5.32 Å². The summed E-state index contributed by atoms with van der Waals surface area (Å²) in [7, 11) is 0. The average molecular weight is 303 g/mol. The second-order valence-corrected chi connectivity index (χ2v) is 5.30. The van der Waals surface area contributed by atoms with Crippen molar-refractivity contribution in [1.29, 1.82) is 0 Å². The molecule has 0 radical (unpaired) electrons. The fourth-order valence-corrected chi connectivity index (χ4v) is 2.58. The summed E-state index contributed by atoms with van der Waals surface area (Å²) in [5, 5.41) is 18.6. The molecule has 21 heavy (non-hydrogen) atoms. The second kappa shape index (κ2) is 5.49. The lowest BCUT2D eigenvalue weighted by molar-refractivity contribution is 0.0948. The van der Waals surface area contributed by atoms with Crippen molar-refractivity contribution in [2.75, 3.05) is 0 Å². The van der Waals surface area contributed by atoms with Crippen molar-refractivity contribution in [3.8, 4) is 5.69 Å². The maximum atomic E-state index is 12.1. The topological polar surface area (TPSA) is 85.8 Å². The number of rotatable bonds is 4. The molecule has 0 aliphatic carbocycles. The Bertz CT molecular complexity index is 740. The van der Waals surface area contributed by atoms with Crippen LogP contribution in [0.1, 0.15) is 27.5 Å². The number of aromatic nitrogens is 4. The monoisotopic (exact) mass is 303 g/mol. The zero-order chi connectivity index (χ0) is 14.8. The zero-order valence-electron chi connectivity index (χ0n) is 11.5. The molecule has 0 fully saturated rings. The lowest BCUT2D eigenvalue weighted by Crippen LogP contribution is -2.24. The normalized spacial score (nSPS) is 10.8. The van der Waals surface area contributed by atoms with Crippen molar-refractivity contribution in [3.63, 3.8) is 0 Å². The fourth-order valence-electron chi connectivity index (χ4n) is 1.96. The third-order valence-corrected chi connectivity index (χ3v) is 3.67. The van der Waals surface area contributed by atoms with Gasteiger partial charge < -0.3 is 9.84 Å². The van der Waals surface area contributed by atoms with Gasteiger partial charge in [-0.15, -0.1) is 5.10 Å². The Hall–Kier alpha value is -2.48. The first kappa shape index (κ1) is 13.5. The van der Waals surface area contributed by atoms with Gasteiger partial charge in [0.25, 0.3) is 5.91 Å². The van der Waals surface area contributed by atoms with E-state index in [9.17, 15) is 4.79 Å². The summed E-state index contributed by atoms with van der Waals surface area (Å²) in [4.78, 5) is 12.1. The van der Waals surface area contributed by atoms with Crippen LogP contribution in [0, 0.1) is 13.8 Å². The van der Waals surface area contributed by atoms with E-state index in [0.29, 0.717) is 29.3 Å². The zero-order valence-corrected chi connectivity index (χ0v) is 12.3. The van der Waals surface area contributed by atoms with Gasteiger partial charge >= 0.3 is 0 Å². The highest BCUT2D eigenvalue weighted by molar-refractivity contribution is 7.08. The van der Waals surface area contributed by atoms with Crippen LogP contribution in [0.5, 0.6) is 0 Å². The summed E-state index contributed by atoms with van der Waals surface area (Å²) in [5.41, 5.74) is 2.68. The van der Waals surface area contributed by atoms with Crippen LogP contribution in [0.25, 0.3) is 5.69 Å². The van der Waals surface area contributed by atoms with Crippen LogP contribution >= 0.6 is 11.3 Å². The molecule has 0 saturated carbocycles. The van der Waals surface area contributed by atoms with E-state index in [2.05, 4.69) is 20.8 Å². The van der Waals surface area contributed by atoms with Crippen LogP contribution in [0.15, 0.2) is 27.5 Å². The number of nitrogens with zero attached hydrogens (tertiary/aromatic N) is 4. The summed E-state index contributed by atoms with van der Waals surface area (Å²) >= 11 is 1.59. The highest BCUT2D eigenvalue weighted by Crippen LogP contribution is 2.13. The Morgan fingerprint density at radius 1 is 1.48 bits per heavy atom. The third-order valence-electron chi connectivity index (χ3n) is 3.00. The maximum Gasteiger partial charge on any atom is 0.257 e. The molecule has 1 N–H and O–H groups in total. The molecular formula is C13H13N5O2S. The number of thiophene rings is 1. The van der Waals surface area contributed by atoms with Gasteiger partial charge in [-0.3, -0.25) is 4.79 Å². The van der Waals surface area contributed by atoms with E-state index in [-0.39, 0.29) is 5.91 Å². The highest BCUT2D eigenvalue weighted by atomic mass is 32.1. The molecule has 0 aromatic carbocycles. The van der Waals surface area contributed by atoms with Crippen LogP contribution in [-0.2, 0) is 6.54 Å². The van der Waals surface area contributed by atoms with Gasteiger partial charge in [0.15, 0.2) is 0 Å². The fraction of sp³-hybridized carbons (Fsp3) is 0.231. The molecule has 8 heteroatoms. The summed E-state index contributed by atoms with van der Waals surface area (Å²) in [6.07, 6.45) is 1.79. The first-order chi connectivity index (χ1) is 10.1. The summed E-state index contributed by atoms with van der Waals surface area (Å²) in [5.74, 6) is 0.281. The standard InChI is InChI=1S/C13H13N5O2S/c1-8-12(9(2)20-16-8)13(19)14-5-10-6-18(17-15-10)11-3-4-21-7-11/h3-4,6-7H,5H2,1-2H3,(H,14,19). The molecule has 0 unspecified atom stereocenters. The number of carbonyl (C=O) groups is 1. The van der Waals surface area contributed by atoms with Gasteiger partial charge in [0.05, 0.1) is 24.1 Å². The summed E-state index contributed by atoms with van der Waals surface area (Å²) in [6, 6.07) is 1.95. The van der Waals surface area contributed by atoms with E-state index < -0.39 is 0 Å². The number of amides is 1.